The number of anilines is 3. The van der Waals surface area contributed by atoms with Crippen molar-refractivity contribution in [3.8, 4) is 0 Å². The van der Waals surface area contributed by atoms with Crippen LogP contribution in [-0.2, 0) is 17.1 Å². The summed E-state index contributed by atoms with van der Waals surface area (Å²) in [4.78, 5) is 17.3. The normalized spacial score (nSPS) is 19.6. The van der Waals surface area contributed by atoms with Crippen molar-refractivity contribution in [2.45, 2.75) is 36.5 Å². The van der Waals surface area contributed by atoms with Crippen molar-refractivity contribution in [2.24, 2.45) is 12.5 Å². The van der Waals surface area contributed by atoms with E-state index < -0.39 is 34.9 Å². The average molecular weight is 574 g/mol. The van der Waals surface area contributed by atoms with Gasteiger partial charge in [0, 0.05) is 43.8 Å². The summed E-state index contributed by atoms with van der Waals surface area (Å²) in [6, 6.07) is 9.80. The number of carbonyl (C=O) groups is 1. The molecule has 1 aromatic heterocycles. The SMILES string of the molecule is Cn1ccc2cc(C(=O)Nc3ccc(S(=O)(=O)NCCO)cc3N3CCC4(CC3)CC4)cc(N3CC(F)(F)C3)c21. The molecule has 2 aliphatic heterocycles. The van der Waals surface area contributed by atoms with Gasteiger partial charge in [-0.25, -0.2) is 21.9 Å². The van der Waals surface area contributed by atoms with E-state index in [1.807, 2.05) is 23.9 Å². The van der Waals surface area contributed by atoms with Crippen molar-refractivity contribution in [3.05, 3.63) is 48.2 Å². The van der Waals surface area contributed by atoms with Crippen LogP contribution in [-0.4, -0.2) is 69.3 Å². The van der Waals surface area contributed by atoms with Crippen LogP contribution in [0.15, 0.2) is 47.5 Å². The quantitative estimate of drug-likeness (QED) is 0.381. The minimum absolute atomic E-state index is 0.0485. The minimum atomic E-state index is -3.85. The maximum Gasteiger partial charge on any atom is 0.282 e. The van der Waals surface area contributed by atoms with Crippen molar-refractivity contribution >= 4 is 43.9 Å². The van der Waals surface area contributed by atoms with E-state index >= 15 is 0 Å². The van der Waals surface area contributed by atoms with Gasteiger partial charge < -0.3 is 24.8 Å². The Morgan fingerprint density at radius 2 is 1.73 bits per heavy atom. The molecule has 0 atom stereocenters. The molecule has 1 amide bonds. The second kappa shape index (κ2) is 9.71. The summed E-state index contributed by atoms with van der Waals surface area (Å²) in [5, 5.41) is 12.8. The van der Waals surface area contributed by atoms with E-state index in [2.05, 4.69) is 14.9 Å². The van der Waals surface area contributed by atoms with Crippen molar-refractivity contribution in [3.63, 3.8) is 0 Å². The number of hydrogen-bond acceptors (Lipinski definition) is 6. The number of hydrogen-bond donors (Lipinski definition) is 3. The van der Waals surface area contributed by atoms with Gasteiger partial charge in [-0.1, -0.05) is 0 Å². The topological polar surface area (TPSA) is 107 Å². The number of halogens is 2. The molecule has 6 rings (SSSR count). The van der Waals surface area contributed by atoms with Crippen LogP contribution in [0.2, 0.25) is 0 Å². The fourth-order valence-corrected chi connectivity index (χ4v) is 6.92. The van der Waals surface area contributed by atoms with Crippen molar-refractivity contribution in [2.75, 3.05) is 54.4 Å². The van der Waals surface area contributed by atoms with E-state index in [1.165, 1.54) is 18.9 Å². The lowest BCUT2D eigenvalue weighted by Gasteiger charge is -2.41. The van der Waals surface area contributed by atoms with Crippen LogP contribution in [0.5, 0.6) is 0 Å². The number of rotatable bonds is 8. The third-order valence-corrected chi connectivity index (χ3v) is 9.91. The zero-order chi connectivity index (χ0) is 28.3. The Kier molecular flexibility index (Phi) is 6.54. The number of aliphatic hydroxyl groups is 1. The predicted octanol–water partition coefficient (Wildman–Crippen LogP) is 3.54. The first-order valence-electron chi connectivity index (χ1n) is 13.5. The highest BCUT2D eigenvalue weighted by molar-refractivity contribution is 7.89. The first kappa shape index (κ1) is 27.0. The largest absolute Gasteiger partial charge is 0.395 e. The second-order valence-electron chi connectivity index (χ2n) is 11.3. The van der Waals surface area contributed by atoms with Gasteiger partial charge in [-0.3, -0.25) is 4.79 Å². The summed E-state index contributed by atoms with van der Waals surface area (Å²) in [5.74, 6) is -3.17. The van der Waals surface area contributed by atoms with Gasteiger partial charge in [-0.15, -0.1) is 0 Å². The van der Waals surface area contributed by atoms with Crippen LogP contribution in [0.25, 0.3) is 10.9 Å². The maximum atomic E-state index is 13.7. The van der Waals surface area contributed by atoms with E-state index in [-0.39, 0.29) is 18.0 Å². The molecule has 3 fully saturated rings. The number of alkyl halides is 2. The van der Waals surface area contributed by atoms with Crippen LogP contribution in [0.1, 0.15) is 36.0 Å². The van der Waals surface area contributed by atoms with E-state index in [1.54, 1.807) is 29.2 Å². The van der Waals surface area contributed by atoms with Crippen molar-refractivity contribution < 1.29 is 27.1 Å². The summed E-state index contributed by atoms with van der Waals surface area (Å²) >= 11 is 0. The van der Waals surface area contributed by atoms with Gasteiger partial charge in [0.25, 0.3) is 11.8 Å². The molecule has 40 heavy (non-hydrogen) atoms. The molecule has 3 aliphatic rings. The number of aromatic nitrogens is 1. The molecule has 0 unspecified atom stereocenters. The number of nitrogens with zero attached hydrogens (tertiary/aromatic N) is 3. The Morgan fingerprint density at radius 1 is 1.00 bits per heavy atom. The highest BCUT2D eigenvalue weighted by atomic mass is 32.2. The summed E-state index contributed by atoms with van der Waals surface area (Å²) in [7, 11) is -2.01. The Labute approximate surface area is 231 Å². The van der Waals surface area contributed by atoms with Gasteiger partial charge >= 0.3 is 0 Å². The average Bonchev–Trinajstić information content (AvgIpc) is 3.56. The number of aliphatic hydroxyl groups excluding tert-OH is 1. The number of benzene rings is 2. The fraction of sp³-hybridized carbons (Fsp3) is 0.464. The molecule has 3 N–H and O–H groups in total. The number of aryl methyl sites for hydroxylation is 1. The Morgan fingerprint density at radius 3 is 2.38 bits per heavy atom. The van der Waals surface area contributed by atoms with Crippen LogP contribution in [0.3, 0.4) is 0 Å². The van der Waals surface area contributed by atoms with Crippen LogP contribution in [0, 0.1) is 5.41 Å². The molecule has 3 aromatic rings. The highest BCUT2D eigenvalue weighted by Crippen LogP contribution is 2.54. The Bertz CT molecular complexity index is 1570. The Hall–Kier alpha value is -3.22. The monoisotopic (exact) mass is 573 g/mol. The van der Waals surface area contributed by atoms with Crippen LogP contribution >= 0.6 is 0 Å². The smallest absolute Gasteiger partial charge is 0.282 e. The summed E-state index contributed by atoms with van der Waals surface area (Å²) in [5.41, 5.74) is 3.17. The molecule has 2 saturated heterocycles. The second-order valence-corrected chi connectivity index (χ2v) is 13.1. The first-order valence-corrected chi connectivity index (χ1v) is 15.0. The van der Waals surface area contributed by atoms with Gasteiger partial charge in [-0.2, -0.15) is 0 Å². The summed E-state index contributed by atoms with van der Waals surface area (Å²) in [6.07, 6.45) is 6.29. The van der Waals surface area contributed by atoms with Gasteiger partial charge in [0.05, 0.1) is 47.2 Å². The third-order valence-electron chi connectivity index (χ3n) is 8.45. The van der Waals surface area contributed by atoms with Crippen LogP contribution in [0.4, 0.5) is 25.8 Å². The third kappa shape index (κ3) is 5.04. The van der Waals surface area contributed by atoms with E-state index in [0.717, 1.165) is 36.8 Å². The zero-order valence-electron chi connectivity index (χ0n) is 22.3. The lowest BCUT2D eigenvalue weighted by Crippen LogP contribution is -2.56. The number of sulfonamides is 1. The highest BCUT2D eigenvalue weighted by Gasteiger charge is 2.45. The standard InChI is InChI=1S/C28H33F2N5O4S/c1-33-10-4-19-14-20(15-24(25(19)33)35-17-28(29,30)18-35)26(37)32-22-3-2-21(40(38,39)31-9-13-36)16-23(22)34-11-7-27(5-6-27)8-12-34/h2-4,10,14-16,31,36H,5-9,11-13,17-18H2,1H3,(H,32,37). The molecule has 214 valence electrons. The maximum absolute atomic E-state index is 13.7. The summed E-state index contributed by atoms with van der Waals surface area (Å²) in [6.45, 7) is 0.269. The van der Waals surface area contributed by atoms with Gasteiger partial charge in [0.1, 0.15) is 0 Å². The number of piperidine rings is 1. The van der Waals surface area contributed by atoms with Crippen molar-refractivity contribution in [1.29, 1.82) is 0 Å². The van der Waals surface area contributed by atoms with E-state index in [9.17, 15) is 22.0 Å². The molecule has 0 bridgehead atoms. The number of carbonyl (C=O) groups excluding carboxylic acids is 1. The molecule has 2 aromatic carbocycles. The van der Waals surface area contributed by atoms with E-state index in [0.29, 0.717) is 28.0 Å². The molecule has 1 saturated carbocycles. The molecular formula is C28H33F2N5O4S. The number of fused-ring (bicyclic) bond motifs is 1. The molecule has 1 spiro atoms. The minimum Gasteiger partial charge on any atom is -0.395 e. The lowest BCUT2D eigenvalue weighted by atomic mass is 9.93. The fourth-order valence-electron chi connectivity index (χ4n) is 5.88. The molecular weight excluding hydrogens is 540 g/mol. The first-order chi connectivity index (χ1) is 19.0. The number of amides is 1. The van der Waals surface area contributed by atoms with Crippen molar-refractivity contribution in [1.82, 2.24) is 9.29 Å². The summed E-state index contributed by atoms with van der Waals surface area (Å²) < 4.78 is 57.3. The molecule has 9 nitrogen and oxygen atoms in total. The predicted molar refractivity (Wildman–Crippen MR) is 150 cm³/mol. The molecule has 12 heteroatoms. The lowest BCUT2D eigenvalue weighted by molar-refractivity contribution is -0.0261. The molecule has 0 radical (unpaired) electrons. The van der Waals surface area contributed by atoms with Gasteiger partial charge in [0.2, 0.25) is 10.0 Å². The van der Waals surface area contributed by atoms with Gasteiger partial charge in [0.15, 0.2) is 0 Å². The molecule has 3 heterocycles. The Balaban J connectivity index is 1.32. The molecule has 1 aliphatic carbocycles. The zero-order valence-corrected chi connectivity index (χ0v) is 23.1. The number of nitrogens with one attached hydrogen (secondary N) is 2. The van der Waals surface area contributed by atoms with Gasteiger partial charge in [-0.05, 0) is 67.5 Å². The van der Waals surface area contributed by atoms with E-state index in [4.69, 9.17) is 5.11 Å². The van der Waals surface area contributed by atoms with Crippen LogP contribution < -0.4 is 19.8 Å².